The van der Waals surface area contributed by atoms with E-state index in [-0.39, 0.29) is 18.5 Å². The first kappa shape index (κ1) is 19.1. The van der Waals surface area contributed by atoms with E-state index in [1.807, 2.05) is 66.4 Å². The zero-order valence-corrected chi connectivity index (χ0v) is 16.6. The Morgan fingerprint density at radius 1 is 0.966 bits per heavy atom. The molecule has 1 aromatic carbocycles. The summed E-state index contributed by atoms with van der Waals surface area (Å²) in [6.45, 7) is 3.25. The zero-order valence-electron chi connectivity index (χ0n) is 16.6. The summed E-state index contributed by atoms with van der Waals surface area (Å²) in [6, 6.07) is 17.2. The van der Waals surface area contributed by atoms with Gasteiger partial charge < -0.3 is 18.2 Å². The molecular formula is C23H24N2O4. The Hall–Kier alpha value is -3.25. The fraction of sp³-hybridized carbons (Fsp3) is 0.261. The van der Waals surface area contributed by atoms with Gasteiger partial charge in [-0.3, -0.25) is 9.69 Å². The number of likely N-dealkylation sites (N-methyl/N-ethyl adjacent to an activating group) is 1. The average Bonchev–Trinajstić information content (AvgIpc) is 3.48. The van der Waals surface area contributed by atoms with Crippen LogP contribution in [-0.2, 0) is 17.9 Å². The fourth-order valence-corrected chi connectivity index (χ4v) is 3.33. The second-order valence-electron chi connectivity index (χ2n) is 7.17. The molecule has 0 N–H and O–H groups in total. The fourth-order valence-electron chi connectivity index (χ4n) is 3.33. The van der Waals surface area contributed by atoms with Gasteiger partial charge in [-0.05, 0) is 43.3 Å². The lowest BCUT2D eigenvalue weighted by Crippen LogP contribution is -2.39. The summed E-state index contributed by atoms with van der Waals surface area (Å²) in [6.07, 6.45) is 3.27. The van der Waals surface area contributed by atoms with Crippen LogP contribution in [0.4, 0.5) is 0 Å². The lowest BCUT2D eigenvalue weighted by atomic mass is 10.2. The molecule has 0 saturated heterocycles. The Balaban J connectivity index is 1.46. The van der Waals surface area contributed by atoms with Crippen molar-refractivity contribution in [3.8, 4) is 0 Å². The molecule has 0 aliphatic rings. The minimum Gasteiger partial charge on any atom is -0.468 e. The van der Waals surface area contributed by atoms with Crippen LogP contribution in [0.25, 0.3) is 11.0 Å². The van der Waals surface area contributed by atoms with Gasteiger partial charge in [0.25, 0.3) is 0 Å². The minimum absolute atomic E-state index is 0.00364. The molecule has 0 saturated carbocycles. The Morgan fingerprint density at radius 2 is 1.62 bits per heavy atom. The summed E-state index contributed by atoms with van der Waals surface area (Å²) in [5.41, 5.74) is 0.826. The standard InChI is InChI=1S/C23H24N2O4/c1-17(22-13-18-7-3-4-10-21(18)29-22)24(2)23(26)16-25(14-19-8-5-11-27-19)15-20-9-6-12-28-20/h3-13,17H,14-16H2,1-2H3. The first-order valence-corrected chi connectivity index (χ1v) is 9.61. The molecule has 0 radical (unpaired) electrons. The van der Waals surface area contributed by atoms with Crippen LogP contribution in [0, 0.1) is 0 Å². The molecule has 6 nitrogen and oxygen atoms in total. The monoisotopic (exact) mass is 392 g/mol. The molecule has 1 atom stereocenters. The van der Waals surface area contributed by atoms with Gasteiger partial charge in [-0.15, -0.1) is 0 Å². The van der Waals surface area contributed by atoms with E-state index in [0.29, 0.717) is 13.1 Å². The zero-order chi connectivity index (χ0) is 20.2. The number of carbonyl (C=O) groups is 1. The van der Waals surface area contributed by atoms with Crippen molar-refractivity contribution >= 4 is 16.9 Å². The summed E-state index contributed by atoms with van der Waals surface area (Å²) >= 11 is 0. The van der Waals surface area contributed by atoms with Gasteiger partial charge in [0.15, 0.2) is 0 Å². The number of nitrogens with zero attached hydrogens (tertiary/aromatic N) is 2. The minimum atomic E-state index is -0.177. The molecule has 1 amide bonds. The Kier molecular flexibility index (Phi) is 5.53. The predicted octanol–water partition coefficient (Wildman–Crippen LogP) is 4.84. The van der Waals surface area contributed by atoms with Crippen molar-refractivity contribution in [2.75, 3.05) is 13.6 Å². The van der Waals surface area contributed by atoms with E-state index < -0.39 is 0 Å². The van der Waals surface area contributed by atoms with Gasteiger partial charge in [-0.25, -0.2) is 0 Å². The second-order valence-corrected chi connectivity index (χ2v) is 7.17. The summed E-state index contributed by atoms with van der Waals surface area (Å²) in [5, 5.41) is 1.03. The predicted molar refractivity (Wildman–Crippen MR) is 109 cm³/mol. The summed E-state index contributed by atoms with van der Waals surface area (Å²) in [7, 11) is 1.80. The number of amides is 1. The van der Waals surface area contributed by atoms with E-state index in [2.05, 4.69) is 0 Å². The van der Waals surface area contributed by atoms with Gasteiger partial charge >= 0.3 is 0 Å². The Morgan fingerprint density at radius 3 is 2.21 bits per heavy atom. The summed E-state index contributed by atoms with van der Waals surface area (Å²) < 4.78 is 16.9. The van der Waals surface area contributed by atoms with Crippen LogP contribution in [0.3, 0.4) is 0 Å². The first-order valence-electron chi connectivity index (χ1n) is 9.61. The van der Waals surface area contributed by atoms with Crippen LogP contribution in [0.2, 0.25) is 0 Å². The number of para-hydroxylation sites is 1. The number of furan rings is 3. The summed E-state index contributed by atoms with van der Waals surface area (Å²) in [5.74, 6) is 2.37. The molecule has 150 valence electrons. The van der Waals surface area contributed by atoms with Gasteiger partial charge in [0.05, 0.1) is 38.2 Å². The molecule has 6 heteroatoms. The quantitative estimate of drug-likeness (QED) is 0.429. The lowest BCUT2D eigenvalue weighted by molar-refractivity contribution is -0.133. The van der Waals surface area contributed by atoms with E-state index >= 15 is 0 Å². The van der Waals surface area contributed by atoms with Crippen LogP contribution in [0.15, 0.2) is 80.4 Å². The highest BCUT2D eigenvalue weighted by Crippen LogP contribution is 2.27. The van der Waals surface area contributed by atoms with Crippen molar-refractivity contribution in [2.24, 2.45) is 0 Å². The topological polar surface area (TPSA) is 63.0 Å². The van der Waals surface area contributed by atoms with Crippen molar-refractivity contribution in [1.82, 2.24) is 9.80 Å². The molecule has 29 heavy (non-hydrogen) atoms. The number of hydrogen-bond acceptors (Lipinski definition) is 5. The number of hydrogen-bond donors (Lipinski definition) is 0. The molecule has 0 aliphatic heterocycles. The van der Waals surface area contributed by atoms with Gasteiger partial charge in [0.1, 0.15) is 22.9 Å². The third-order valence-corrected chi connectivity index (χ3v) is 5.11. The van der Waals surface area contributed by atoms with Gasteiger partial charge in [0, 0.05) is 12.4 Å². The van der Waals surface area contributed by atoms with E-state index in [1.165, 1.54) is 0 Å². The number of fused-ring (bicyclic) bond motifs is 1. The molecule has 0 bridgehead atoms. The van der Waals surface area contributed by atoms with Crippen LogP contribution >= 0.6 is 0 Å². The maximum absolute atomic E-state index is 13.0. The number of carbonyl (C=O) groups excluding carboxylic acids is 1. The number of benzene rings is 1. The van der Waals surface area contributed by atoms with E-state index in [9.17, 15) is 4.79 Å². The van der Waals surface area contributed by atoms with Crippen molar-refractivity contribution in [3.63, 3.8) is 0 Å². The van der Waals surface area contributed by atoms with Crippen molar-refractivity contribution < 1.29 is 18.0 Å². The highest BCUT2D eigenvalue weighted by Gasteiger charge is 2.23. The molecular weight excluding hydrogens is 368 g/mol. The normalized spacial score (nSPS) is 12.5. The lowest BCUT2D eigenvalue weighted by Gasteiger charge is -2.27. The number of rotatable bonds is 8. The molecule has 3 heterocycles. The van der Waals surface area contributed by atoms with Crippen molar-refractivity contribution in [2.45, 2.75) is 26.1 Å². The van der Waals surface area contributed by atoms with Crippen LogP contribution < -0.4 is 0 Å². The molecule has 3 aromatic heterocycles. The maximum atomic E-state index is 13.0. The van der Waals surface area contributed by atoms with Crippen molar-refractivity contribution in [3.05, 3.63) is 84.4 Å². The van der Waals surface area contributed by atoms with Gasteiger partial charge in [-0.1, -0.05) is 18.2 Å². The molecule has 0 spiro atoms. The smallest absolute Gasteiger partial charge is 0.237 e. The van der Waals surface area contributed by atoms with Crippen LogP contribution in [0.1, 0.15) is 30.2 Å². The first-order chi connectivity index (χ1) is 14.1. The molecule has 4 aromatic rings. The maximum Gasteiger partial charge on any atom is 0.237 e. The molecule has 4 rings (SSSR count). The third-order valence-electron chi connectivity index (χ3n) is 5.11. The SMILES string of the molecule is CC(c1cc2ccccc2o1)N(C)C(=O)CN(Cc1ccco1)Cc1ccco1. The highest BCUT2D eigenvalue weighted by atomic mass is 16.3. The second kappa shape index (κ2) is 8.41. The molecule has 1 unspecified atom stereocenters. The third kappa shape index (κ3) is 4.43. The van der Waals surface area contributed by atoms with Gasteiger partial charge in [0.2, 0.25) is 5.91 Å². The summed E-state index contributed by atoms with van der Waals surface area (Å²) in [4.78, 5) is 16.7. The van der Waals surface area contributed by atoms with Crippen LogP contribution in [0.5, 0.6) is 0 Å². The van der Waals surface area contributed by atoms with E-state index in [1.54, 1.807) is 24.5 Å². The average molecular weight is 392 g/mol. The Labute approximate surface area is 169 Å². The Bertz CT molecular complexity index is 981. The van der Waals surface area contributed by atoms with Crippen LogP contribution in [-0.4, -0.2) is 29.3 Å². The van der Waals surface area contributed by atoms with Gasteiger partial charge in [-0.2, -0.15) is 0 Å². The van der Waals surface area contributed by atoms with E-state index in [0.717, 1.165) is 28.2 Å². The molecule has 0 aliphatic carbocycles. The largest absolute Gasteiger partial charge is 0.468 e. The molecule has 0 fully saturated rings. The van der Waals surface area contributed by atoms with E-state index in [4.69, 9.17) is 13.3 Å². The van der Waals surface area contributed by atoms with Crippen molar-refractivity contribution in [1.29, 1.82) is 0 Å². The highest BCUT2D eigenvalue weighted by molar-refractivity contribution is 5.80.